The summed E-state index contributed by atoms with van der Waals surface area (Å²) in [6.07, 6.45) is 0. The molecule has 0 aliphatic heterocycles. The lowest BCUT2D eigenvalue weighted by molar-refractivity contribution is 0.0690. The van der Waals surface area contributed by atoms with Crippen molar-refractivity contribution in [2.24, 2.45) is 0 Å². The van der Waals surface area contributed by atoms with Gasteiger partial charge in [0.2, 0.25) is 0 Å². The second-order valence-electron chi connectivity index (χ2n) is 4.10. The van der Waals surface area contributed by atoms with Gasteiger partial charge in [-0.1, -0.05) is 29.8 Å². The number of carbonyl (C=O) groups excluding carboxylic acids is 1. The topological polar surface area (TPSA) is 79.3 Å². The van der Waals surface area contributed by atoms with Crippen LogP contribution in [0.3, 0.4) is 0 Å². The predicted molar refractivity (Wildman–Crippen MR) is 75.3 cm³/mol. The third-order valence-electron chi connectivity index (χ3n) is 2.65. The normalized spacial score (nSPS) is 10.1. The number of amides is 1. The van der Waals surface area contributed by atoms with Gasteiger partial charge in [-0.25, -0.2) is 9.78 Å². The number of pyridine rings is 1. The van der Waals surface area contributed by atoms with Crippen LogP contribution in [0.25, 0.3) is 0 Å². The summed E-state index contributed by atoms with van der Waals surface area (Å²) in [5.74, 6) is -1.43. The number of nitrogens with zero attached hydrogens (tertiary/aromatic N) is 1. The minimum atomic E-state index is -1.16. The minimum Gasteiger partial charge on any atom is -0.477 e. The highest BCUT2D eigenvalue weighted by Crippen LogP contribution is 2.21. The molecule has 20 heavy (non-hydrogen) atoms. The van der Waals surface area contributed by atoms with Crippen LogP contribution in [0.4, 0.5) is 5.82 Å². The molecule has 0 fully saturated rings. The van der Waals surface area contributed by atoms with Crippen molar-refractivity contribution in [3.05, 3.63) is 58.2 Å². The van der Waals surface area contributed by atoms with E-state index in [2.05, 4.69) is 10.3 Å². The van der Waals surface area contributed by atoms with Crippen molar-refractivity contribution in [1.82, 2.24) is 4.98 Å². The van der Waals surface area contributed by atoms with Gasteiger partial charge in [-0.15, -0.1) is 0 Å². The highest BCUT2D eigenvalue weighted by Gasteiger charge is 2.13. The van der Waals surface area contributed by atoms with E-state index in [0.717, 1.165) is 5.56 Å². The van der Waals surface area contributed by atoms with Crippen LogP contribution in [-0.4, -0.2) is 22.0 Å². The number of halogens is 1. The summed E-state index contributed by atoms with van der Waals surface area (Å²) in [4.78, 5) is 26.7. The molecule has 0 radical (unpaired) electrons. The van der Waals surface area contributed by atoms with Crippen molar-refractivity contribution in [1.29, 1.82) is 0 Å². The maximum Gasteiger partial charge on any atom is 0.354 e. The van der Waals surface area contributed by atoms with Gasteiger partial charge in [-0.05, 0) is 30.7 Å². The van der Waals surface area contributed by atoms with Crippen LogP contribution in [0.15, 0.2) is 36.4 Å². The van der Waals surface area contributed by atoms with Crippen molar-refractivity contribution in [2.45, 2.75) is 6.92 Å². The van der Waals surface area contributed by atoms with E-state index in [0.29, 0.717) is 10.6 Å². The lowest BCUT2D eigenvalue weighted by atomic mass is 10.1. The van der Waals surface area contributed by atoms with E-state index in [1.54, 1.807) is 25.1 Å². The first kappa shape index (κ1) is 14.0. The van der Waals surface area contributed by atoms with Gasteiger partial charge in [-0.3, -0.25) is 4.79 Å². The summed E-state index contributed by atoms with van der Waals surface area (Å²) < 4.78 is 0. The van der Waals surface area contributed by atoms with Crippen molar-refractivity contribution < 1.29 is 14.7 Å². The van der Waals surface area contributed by atoms with Crippen LogP contribution in [0.1, 0.15) is 26.4 Å². The van der Waals surface area contributed by atoms with Gasteiger partial charge in [0.25, 0.3) is 5.91 Å². The van der Waals surface area contributed by atoms with Gasteiger partial charge in [0, 0.05) is 0 Å². The summed E-state index contributed by atoms with van der Waals surface area (Å²) in [5.41, 5.74) is 0.957. The van der Waals surface area contributed by atoms with Gasteiger partial charge >= 0.3 is 5.97 Å². The van der Waals surface area contributed by atoms with Gasteiger partial charge in [0.05, 0.1) is 10.6 Å². The Kier molecular flexibility index (Phi) is 4.00. The molecule has 1 aromatic carbocycles. The monoisotopic (exact) mass is 290 g/mol. The fraction of sp³-hybridized carbons (Fsp3) is 0.0714. The molecule has 0 atom stereocenters. The number of aromatic nitrogens is 1. The Bertz CT molecular complexity index is 686. The minimum absolute atomic E-state index is 0.141. The van der Waals surface area contributed by atoms with E-state index < -0.39 is 11.9 Å². The molecule has 0 aliphatic rings. The van der Waals surface area contributed by atoms with Gasteiger partial charge < -0.3 is 10.4 Å². The van der Waals surface area contributed by atoms with Crippen LogP contribution >= 0.6 is 11.6 Å². The zero-order valence-electron chi connectivity index (χ0n) is 10.6. The summed E-state index contributed by atoms with van der Waals surface area (Å²) in [7, 11) is 0. The van der Waals surface area contributed by atoms with E-state index >= 15 is 0 Å². The largest absolute Gasteiger partial charge is 0.477 e. The molecular weight excluding hydrogens is 280 g/mol. The number of hydrogen-bond acceptors (Lipinski definition) is 3. The lowest BCUT2D eigenvalue weighted by Gasteiger charge is -2.08. The smallest absolute Gasteiger partial charge is 0.354 e. The van der Waals surface area contributed by atoms with E-state index in [4.69, 9.17) is 16.7 Å². The number of hydrogen-bond donors (Lipinski definition) is 2. The zero-order valence-corrected chi connectivity index (χ0v) is 11.3. The van der Waals surface area contributed by atoms with Gasteiger partial charge in [-0.2, -0.15) is 0 Å². The van der Waals surface area contributed by atoms with E-state index in [9.17, 15) is 9.59 Å². The predicted octanol–water partition coefficient (Wildman–Crippen LogP) is 2.99. The van der Waals surface area contributed by atoms with Gasteiger partial charge in [0.1, 0.15) is 5.82 Å². The molecular formula is C14H11ClN2O3. The van der Waals surface area contributed by atoms with Crippen molar-refractivity contribution in [2.75, 3.05) is 5.32 Å². The third-order valence-corrected chi connectivity index (χ3v) is 3.15. The second-order valence-corrected chi connectivity index (χ2v) is 4.48. The number of nitrogens with one attached hydrogen (secondary N) is 1. The number of aryl methyl sites for hydroxylation is 1. The molecule has 2 rings (SSSR count). The van der Waals surface area contributed by atoms with Crippen molar-refractivity contribution in [3.8, 4) is 0 Å². The molecule has 5 nitrogen and oxygen atoms in total. The maximum absolute atomic E-state index is 12.1. The summed E-state index contributed by atoms with van der Waals surface area (Å²) in [6, 6.07) is 9.46. The molecule has 2 N–H and O–H groups in total. The van der Waals surface area contributed by atoms with Gasteiger partial charge in [0.15, 0.2) is 5.69 Å². The Morgan fingerprint density at radius 1 is 1.20 bits per heavy atom. The number of benzene rings is 1. The SMILES string of the molecule is Cc1cccc(C(=O)Nc2cccc(C(=O)O)n2)c1Cl. The lowest BCUT2D eigenvalue weighted by Crippen LogP contribution is -2.15. The Hall–Kier alpha value is -2.40. The number of carboxylic acids is 1. The molecule has 0 spiro atoms. The molecule has 1 aromatic heterocycles. The summed E-state index contributed by atoms with van der Waals surface area (Å²) >= 11 is 6.06. The summed E-state index contributed by atoms with van der Waals surface area (Å²) in [5, 5.41) is 11.7. The van der Waals surface area contributed by atoms with Crippen molar-refractivity contribution >= 4 is 29.3 Å². The molecule has 102 valence electrons. The fourth-order valence-corrected chi connectivity index (χ4v) is 1.84. The standard InChI is InChI=1S/C14H11ClN2O3/c1-8-4-2-5-9(12(8)15)13(18)17-11-7-3-6-10(16-11)14(19)20/h2-7H,1H3,(H,19,20)(H,16,17,18). The molecule has 0 saturated carbocycles. The molecule has 6 heteroatoms. The van der Waals surface area contributed by atoms with Crippen molar-refractivity contribution in [3.63, 3.8) is 0 Å². The highest BCUT2D eigenvalue weighted by atomic mass is 35.5. The van der Waals surface area contributed by atoms with E-state index in [1.807, 2.05) is 0 Å². The molecule has 2 aromatic rings. The van der Waals surface area contributed by atoms with Crippen LogP contribution in [-0.2, 0) is 0 Å². The van der Waals surface area contributed by atoms with Crippen LogP contribution in [0, 0.1) is 6.92 Å². The molecule has 0 bridgehead atoms. The van der Waals surface area contributed by atoms with Crippen LogP contribution in [0.5, 0.6) is 0 Å². The number of rotatable bonds is 3. The number of carbonyl (C=O) groups is 2. The van der Waals surface area contributed by atoms with E-state index in [1.165, 1.54) is 18.2 Å². The third kappa shape index (κ3) is 2.95. The van der Waals surface area contributed by atoms with E-state index in [-0.39, 0.29) is 11.5 Å². The zero-order chi connectivity index (χ0) is 14.7. The number of carboxylic acid groups (broad SMARTS) is 1. The Morgan fingerprint density at radius 2 is 1.90 bits per heavy atom. The quantitative estimate of drug-likeness (QED) is 0.911. The Labute approximate surface area is 120 Å². The first-order chi connectivity index (χ1) is 9.49. The molecule has 0 aliphatic carbocycles. The highest BCUT2D eigenvalue weighted by molar-refractivity contribution is 6.35. The van der Waals surface area contributed by atoms with Crippen LogP contribution in [0.2, 0.25) is 5.02 Å². The second kappa shape index (κ2) is 5.71. The molecule has 1 heterocycles. The van der Waals surface area contributed by atoms with Crippen LogP contribution < -0.4 is 5.32 Å². The molecule has 0 saturated heterocycles. The first-order valence-electron chi connectivity index (χ1n) is 5.76. The average Bonchev–Trinajstić information content (AvgIpc) is 2.42. The summed E-state index contributed by atoms with van der Waals surface area (Å²) in [6.45, 7) is 1.79. The Balaban J connectivity index is 2.26. The Morgan fingerprint density at radius 3 is 2.60 bits per heavy atom. The number of aromatic carboxylic acids is 1. The first-order valence-corrected chi connectivity index (χ1v) is 6.13. The molecule has 1 amide bonds. The fourth-order valence-electron chi connectivity index (χ4n) is 1.63. The molecule has 0 unspecified atom stereocenters. The maximum atomic E-state index is 12.1. The average molecular weight is 291 g/mol. The number of anilines is 1.